The predicted octanol–water partition coefficient (Wildman–Crippen LogP) is 4.18. The summed E-state index contributed by atoms with van der Waals surface area (Å²) in [4.78, 5) is 35.3. The zero-order chi connectivity index (χ0) is 30.7. The molecule has 9 nitrogen and oxygen atoms in total. The normalized spacial score (nSPS) is 14.6. The van der Waals surface area contributed by atoms with Crippen LogP contribution in [0.5, 0.6) is 17.2 Å². The SMILES string of the molecule is CCN(CC)C(=O)C1=C(C)N=c2s/c(=C/c3c(OCC#N)ccc4ccccc34)c(=O)n2[C@H]1c1cc(OC)ccc1OC. The topological polar surface area (TPSA) is 106 Å². The number of nitriles is 1. The van der Waals surface area contributed by atoms with Gasteiger partial charge >= 0.3 is 0 Å². The van der Waals surface area contributed by atoms with Gasteiger partial charge < -0.3 is 19.1 Å². The molecular weight excluding hydrogens is 564 g/mol. The molecule has 0 radical (unpaired) electrons. The van der Waals surface area contributed by atoms with E-state index in [2.05, 4.69) is 0 Å². The largest absolute Gasteiger partial charge is 0.497 e. The molecule has 0 fully saturated rings. The van der Waals surface area contributed by atoms with Crippen molar-refractivity contribution in [2.75, 3.05) is 33.9 Å². The quantitative estimate of drug-likeness (QED) is 0.287. The molecule has 43 heavy (non-hydrogen) atoms. The van der Waals surface area contributed by atoms with Gasteiger partial charge in [-0.25, -0.2) is 4.99 Å². The number of aromatic nitrogens is 1. The monoisotopic (exact) mass is 596 g/mol. The number of fused-ring (bicyclic) bond motifs is 2. The fraction of sp³-hybridized carbons (Fsp3) is 0.273. The van der Waals surface area contributed by atoms with Crippen LogP contribution in [0.1, 0.15) is 37.9 Å². The van der Waals surface area contributed by atoms with E-state index in [0.717, 1.165) is 10.8 Å². The Bertz CT molecular complexity index is 1960. The molecule has 1 aliphatic heterocycles. The lowest BCUT2D eigenvalue weighted by Crippen LogP contribution is -2.43. The van der Waals surface area contributed by atoms with Crippen LogP contribution in [0.2, 0.25) is 0 Å². The van der Waals surface area contributed by atoms with E-state index in [9.17, 15) is 9.59 Å². The first kappa shape index (κ1) is 29.6. The number of amides is 1. The number of carbonyl (C=O) groups excluding carboxylic acids is 1. The van der Waals surface area contributed by atoms with E-state index in [1.807, 2.05) is 50.2 Å². The summed E-state index contributed by atoms with van der Waals surface area (Å²) >= 11 is 1.23. The molecule has 4 aromatic rings. The number of hydrogen-bond donors (Lipinski definition) is 0. The molecule has 0 saturated heterocycles. The fourth-order valence-electron chi connectivity index (χ4n) is 5.42. The molecule has 0 N–H and O–H groups in total. The van der Waals surface area contributed by atoms with E-state index in [1.54, 1.807) is 61.0 Å². The lowest BCUT2D eigenvalue weighted by molar-refractivity contribution is -0.127. The zero-order valence-electron chi connectivity index (χ0n) is 24.7. The van der Waals surface area contributed by atoms with Gasteiger partial charge in [0.2, 0.25) is 0 Å². The molecule has 220 valence electrons. The Balaban J connectivity index is 1.82. The molecule has 5 rings (SSSR count). The lowest BCUT2D eigenvalue weighted by Gasteiger charge is -2.30. The van der Waals surface area contributed by atoms with Gasteiger partial charge in [-0.1, -0.05) is 41.7 Å². The van der Waals surface area contributed by atoms with Crippen molar-refractivity contribution in [1.29, 1.82) is 5.26 Å². The number of likely N-dealkylation sites (N-methyl/N-ethyl adjacent to an activating group) is 1. The predicted molar refractivity (Wildman–Crippen MR) is 166 cm³/mol. The molecule has 2 heterocycles. The molecule has 0 aliphatic carbocycles. The van der Waals surface area contributed by atoms with Crippen LogP contribution < -0.4 is 29.1 Å². The van der Waals surface area contributed by atoms with Gasteiger partial charge in [-0.05, 0) is 61.9 Å². The van der Waals surface area contributed by atoms with Crippen molar-refractivity contribution < 1.29 is 19.0 Å². The molecule has 0 spiro atoms. The average Bonchev–Trinajstić information content (AvgIpc) is 3.33. The Morgan fingerprint density at radius 3 is 2.53 bits per heavy atom. The summed E-state index contributed by atoms with van der Waals surface area (Å²) in [6, 6.07) is 18.1. The summed E-state index contributed by atoms with van der Waals surface area (Å²) in [6.45, 7) is 6.52. The maximum atomic E-state index is 14.4. The van der Waals surface area contributed by atoms with E-state index < -0.39 is 6.04 Å². The smallest absolute Gasteiger partial charge is 0.271 e. The fourth-order valence-corrected chi connectivity index (χ4v) is 6.44. The minimum Gasteiger partial charge on any atom is -0.497 e. The minimum atomic E-state index is -0.807. The van der Waals surface area contributed by atoms with Gasteiger partial charge in [0.05, 0.1) is 30.0 Å². The van der Waals surface area contributed by atoms with Crippen LogP contribution in [0.3, 0.4) is 0 Å². The molecule has 0 saturated carbocycles. The van der Waals surface area contributed by atoms with Gasteiger partial charge in [0.1, 0.15) is 29.4 Å². The highest BCUT2D eigenvalue weighted by Crippen LogP contribution is 2.38. The third-order valence-corrected chi connectivity index (χ3v) is 8.52. The Labute approximate surface area is 253 Å². The molecule has 1 aliphatic rings. The maximum absolute atomic E-state index is 14.4. The van der Waals surface area contributed by atoms with E-state index in [4.69, 9.17) is 24.5 Å². The van der Waals surface area contributed by atoms with Crippen molar-refractivity contribution in [3.63, 3.8) is 0 Å². The second-order valence-corrected chi connectivity index (χ2v) is 10.8. The van der Waals surface area contributed by atoms with Crippen LogP contribution in [0.4, 0.5) is 0 Å². The van der Waals surface area contributed by atoms with Gasteiger partial charge in [-0.2, -0.15) is 5.26 Å². The maximum Gasteiger partial charge on any atom is 0.271 e. The number of hydrogen-bond acceptors (Lipinski definition) is 8. The van der Waals surface area contributed by atoms with Crippen molar-refractivity contribution in [3.8, 4) is 23.3 Å². The first-order valence-corrected chi connectivity index (χ1v) is 14.7. The van der Waals surface area contributed by atoms with E-state index in [0.29, 0.717) is 62.1 Å². The summed E-state index contributed by atoms with van der Waals surface area (Å²) in [5, 5.41) is 11.0. The summed E-state index contributed by atoms with van der Waals surface area (Å²) in [5.41, 5.74) is 1.92. The van der Waals surface area contributed by atoms with Crippen molar-refractivity contribution in [1.82, 2.24) is 9.47 Å². The molecule has 3 aromatic carbocycles. The lowest BCUT2D eigenvalue weighted by atomic mass is 9.93. The van der Waals surface area contributed by atoms with Crippen LogP contribution in [-0.2, 0) is 4.79 Å². The van der Waals surface area contributed by atoms with Crippen molar-refractivity contribution in [3.05, 3.63) is 96.7 Å². The van der Waals surface area contributed by atoms with Gasteiger partial charge in [0.15, 0.2) is 11.4 Å². The Kier molecular flexibility index (Phi) is 8.64. The van der Waals surface area contributed by atoms with Gasteiger partial charge in [-0.3, -0.25) is 14.2 Å². The number of benzene rings is 3. The zero-order valence-corrected chi connectivity index (χ0v) is 25.5. The van der Waals surface area contributed by atoms with Gasteiger partial charge in [-0.15, -0.1) is 0 Å². The van der Waals surface area contributed by atoms with Gasteiger partial charge in [0.25, 0.3) is 11.5 Å². The van der Waals surface area contributed by atoms with E-state index >= 15 is 0 Å². The molecule has 1 aromatic heterocycles. The molecule has 1 amide bonds. The second-order valence-electron chi connectivity index (χ2n) is 9.81. The van der Waals surface area contributed by atoms with Crippen molar-refractivity contribution in [2.45, 2.75) is 26.8 Å². The summed E-state index contributed by atoms with van der Waals surface area (Å²) < 4.78 is 19.0. The third kappa shape index (κ3) is 5.40. The van der Waals surface area contributed by atoms with Crippen LogP contribution in [0.15, 0.2) is 75.7 Å². The molecule has 10 heteroatoms. The highest BCUT2D eigenvalue weighted by Gasteiger charge is 2.36. The first-order valence-electron chi connectivity index (χ1n) is 13.9. The standard InChI is InChI=1S/C33H32N4O5S/c1-6-36(7-2)32(39)29-20(3)35-33-37(30(29)25-18-22(40-4)13-15-26(25)41-5)31(38)28(43-33)19-24-23-11-9-8-10-21(23)12-14-27(24)42-17-16-34/h8-15,18-19,30H,6-7,17H2,1-5H3/b28-19+/t30-/m0/s1. The minimum absolute atomic E-state index is 0.133. The van der Waals surface area contributed by atoms with E-state index in [-0.39, 0.29) is 18.1 Å². The third-order valence-electron chi connectivity index (χ3n) is 7.53. The Morgan fingerprint density at radius 2 is 1.84 bits per heavy atom. The number of ether oxygens (including phenoxy) is 3. The molecule has 1 atom stereocenters. The van der Waals surface area contributed by atoms with Crippen LogP contribution >= 0.6 is 11.3 Å². The highest BCUT2D eigenvalue weighted by atomic mass is 32.1. The summed E-state index contributed by atoms with van der Waals surface area (Å²) in [5.74, 6) is 1.38. The molecular formula is C33H32N4O5S. The molecule has 0 bridgehead atoms. The van der Waals surface area contributed by atoms with Crippen LogP contribution in [0.25, 0.3) is 16.8 Å². The van der Waals surface area contributed by atoms with E-state index in [1.165, 1.54) is 11.3 Å². The van der Waals surface area contributed by atoms with Crippen molar-refractivity contribution in [2.24, 2.45) is 4.99 Å². The van der Waals surface area contributed by atoms with Crippen LogP contribution in [-0.4, -0.2) is 49.3 Å². The number of carbonyl (C=O) groups is 1. The van der Waals surface area contributed by atoms with Gasteiger partial charge in [0, 0.05) is 24.2 Å². The number of methoxy groups -OCH3 is 2. The Morgan fingerprint density at radius 1 is 1.09 bits per heavy atom. The number of rotatable bonds is 9. The number of thiazole rings is 1. The van der Waals surface area contributed by atoms with Crippen molar-refractivity contribution >= 4 is 34.1 Å². The van der Waals surface area contributed by atoms with Crippen LogP contribution in [0, 0.1) is 11.3 Å². The summed E-state index contributed by atoms with van der Waals surface area (Å²) in [7, 11) is 3.12. The Hall–Kier alpha value is -4.88. The average molecular weight is 597 g/mol. The summed E-state index contributed by atoms with van der Waals surface area (Å²) in [6.07, 6.45) is 1.78. The second kappa shape index (κ2) is 12.5. The number of nitrogens with zero attached hydrogens (tertiary/aromatic N) is 4. The highest BCUT2D eigenvalue weighted by molar-refractivity contribution is 7.07. The first-order chi connectivity index (χ1) is 20.9. The number of allylic oxidation sites excluding steroid dienone is 1. The molecule has 0 unspecified atom stereocenters.